The first kappa shape index (κ1) is 14.6. The van der Waals surface area contributed by atoms with E-state index in [0.29, 0.717) is 12.6 Å². The fourth-order valence-electron chi connectivity index (χ4n) is 1.88. The topological polar surface area (TPSA) is 58.3 Å². The lowest BCUT2D eigenvalue weighted by Gasteiger charge is -2.22. The molecule has 0 saturated heterocycles. The van der Waals surface area contributed by atoms with E-state index in [1.54, 1.807) is 0 Å². The Morgan fingerprint density at radius 2 is 2.18 bits per heavy atom. The molecule has 2 unspecified atom stereocenters. The number of nitrogens with two attached hydrogens (primary N) is 1. The highest BCUT2D eigenvalue weighted by molar-refractivity contribution is 7.12. The van der Waals surface area contributed by atoms with Gasteiger partial charge in [0.25, 0.3) is 0 Å². The lowest BCUT2D eigenvalue weighted by molar-refractivity contribution is 0.256. The van der Waals surface area contributed by atoms with Crippen LogP contribution in [-0.4, -0.2) is 24.3 Å². The highest BCUT2D eigenvalue weighted by Crippen LogP contribution is 2.24. The van der Waals surface area contributed by atoms with Crippen LogP contribution in [-0.2, 0) is 6.42 Å². The number of thiophene rings is 1. The molecule has 0 aliphatic carbocycles. The van der Waals surface area contributed by atoms with E-state index in [0.717, 1.165) is 19.3 Å². The number of hydrogen-bond donors (Lipinski definition) is 3. The second-order valence-corrected chi connectivity index (χ2v) is 5.43. The zero-order valence-electron chi connectivity index (χ0n) is 10.8. The van der Waals surface area contributed by atoms with Crippen molar-refractivity contribution in [2.75, 3.05) is 13.2 Å². The molecular formula is C13H24N2OS. The molecule has 98 valence electrons. The zero-order valence-corrected chi connectivity index (χ0v) is 11.6. The van der Waals surface area contributed by atoms with E-state index in [2.05, 4.69) is 31.3 Å². The summed E-state index contributed by atoms with van der Waals surface area (Å²) in [6.07, 6.45) is 2.89. The molecule has 0 fully saturated rings. The number of hydrogen-bond acceptors (Lipinski definition) is 4. The molecular weight excluding hydrogens is 232 g/mol. The van der Waals surface area contributed by atoms with Crippen molar-refractivity contribution in [3.8, 4) is 0 Å². The largest absolute Gasteiger partial charge is 0.396 e. The Bertz CT molecular complexity index is 314. The molecule has 1 rings (SSSR count). The van der Waals surface area contributed by atoms with E-state index in [4.69, 9.17) is 10.8 Å². The smallest absolute Gasteiger partial charge is 0.0541 e. The predicted molar refractivity (Wildman–Crippen MR) is 74.4 cm³/mol. The fourth-order valence-corrected chi connectivity index (χ4v) is 2.91. The average molecular weight is 256 g/mol. The van der Waals surface area contributed by atoms with Crippen LogP contribution in [0.4, 0.5) is 0 Å². The average Bonchev–Trinajstić information content (AvgIpc) is 2.83. The third-order valence-corrected chi connectivity index (χ3v) is 4.36. The van der Waals surface area contributed by atoms with E-state index >= 15 is 0 Å². The number of rotatable bonds is 8. The molecule has 0 saturated carbocycles. The molecule has 0 aliphatic heterocycles. The van der Waals surface area contributed by atoms with E-state index in [1.807, 2.05) is 11.3 Å². The van der Waals surface area contributed by atoms with Crippen molar-refractivity contribution >= 4 is 11.3 Å². The van der Waals surface area contributed by atoms with E-state index in [1.165, 1.54) is 9.75 Å². The third kappa shape index (κ3) is 4.39. The second-order valence-electron chi connectivity index (χ2n) is 4.23. The standard InChI is InChI=1S/C13H24N2OS/c1-3-10(7-8-16)15-12(9-14)13-6-5-11(4-2)17-13/h5-6,10,12,15-16H,3-4,7-9,14H2,1-2H3. The van der Waals surface area contributed by atoms with Crippen LogP contribution < -0.4 is 11.1 Å². The van der Waals surface area contributed by atoms with Gasteiger partial charge in [0, 0.05) is 28.9 Å². The summed E-state index contributed by atoms with van der Waals surface area (Å²) in [6, 6.07) is 4.91. The quantitative estimate of drug-likeness (QED) is 0.667. The van der Waals surface area contributed by atoms with Crippen molar-refractivity contribution in [3.05, 3.63) is 21.9 Å². The Labute approximate surface area is 108 Å². The Balaban J connectivity index is 2.63. The highest BCUT2D eigenvalue weighted by atomic mass is 32.1. The Morgan fingerprint density at radius 1 is 1.41 bits per heavy atom. The van der Waals surface area contributed by atoms with Gasteiger partial charge in [-0.15, -0.1) is 11.3 Å². The van der Waals surface area contributed by atoms with Gasteiger partial charge in [-0.3, -0.25) is 0 Å². The third-order valence-electron chi connectivity index (χ3n) is 3.02. The van der Waals surface area contributed by atoms with Gasteiger partial charge in [-0.1, -0.05) is 13.8 Å². The first-order chi connectivity index (χ1) is 8.24. The van der Waals surface area contributed by atoms with Gasteiger partial charge in [0.05, 0.1) is 6.04 Å². The first-order valence-corrected chi connectivity index (χ1v) is 7.22. The molecule has 1 aromatic rings. The molecule has 0 amide bonds. The van der Waals surface area contributed by atoms with E-state index in [9.17, 15) is 0 Å². The summed E-state index contributed by atoms with van der Waals surface area (Å²) in [4.78, 5) is 2.70. The van der Waals surface area contributed by atoms with Crippen LogP contribution in [0.5, 0.6) is 0 Å². The molecule has 0 radical (unpaired) electrons. The lowest BCUT2D eigenvalue weighted by Crippen LogP contribution is -2.36. The van der Waals surface area contributed by atoms with Crippen LogP contribution >= 0.6 is 11.3 Å². The fraction of sp³-hybridized carbons (Fsp3) is 0.692. The minimum Gasteiger partial charge on any atom is -0.396 e. The van der Waals surface area contributed by atoms with Gasteiger partial charge in [-0.2, -0.15) is 0 Å². The van der Waals surface area contributed by atoms with Crippen LogP contribution in [0.1, 0.15) is 42.5 Å². The summed E-state index contributed by atoms with van der Waals surface area (Å²) in [6.45, 7) is 5.13. The van der Waals surface area contributed by atoms with Crippen LogP contribution in [0.2, 0.25) is 0 Å². The predicted octanol–water partition coefficient (Wildman–Crippen LogP) is 2.06. The van der Waals surface area contributed by atoms with Gasteiger partial charge in [-0.05, 0) is 31.4 Å². The van der Waals surface area contributed by atoms with Crippen molar-refractivity contribution in [1.82, 2.24) is 5.32 Å². The summed E-state index contributed by atoms with van der Waals surface area (Å²) in [7, 11) is 0. The number of aliphatic hydroxyl groups excluding tert-OH is 1. The van der Waals surface area contributed by atoms with Gasteiger partial charge in [-0.25, -0.2) is 0 Å². The van der Waals surface area contributed by atoms with E-state index in [-0.39, 0.29) is 12.6 Å². The molecule has 0 bridgehead atoms. The normalized spacial score (nSPS) is 14.8. The Morgan fingerprint density at radius 3 is 2.65 bits per heavy atom. The van der Waals surface area contributed by atoms with Crippen LogP contribution in [0.15, 0.2) is 12.1 Å². The minimum absolute atomic E-state index is 0.219. The van der Waals surface area contributed by atoms with Gasteiger partial charge in [0.1, 0.15) is 0 Å². The number of aliphatic hydroxyl groups is 1. The summed E-state index contributed by atoms with van der Waals surface area (Å²) >= 11 is 1.83. The maximum atomic E-state index is 9.00. The first-order valence-electron chi connectivity index (χ1n) is 6.40. The SMILES string of the molecule is CCc1ccc(C(CN)NC(CC)CCO)s1. The molecule has 0 spiro atoms. The Hall–Kier alpha value is -0.420. The molecule has 1 heterocycles. The number of aryl methyl sites for hydroxylation is 1. The number of nitrogens with one attached hydrogen (secondary N) is 1. The summed E-state index contributed by atoms with van der Waals surface area (Å²) in [5.41, 5.74) is 5.84. The van der Waals surface area contributed by atoms with Crippen LogP contribution in [0, 0.1) is 0 Å². The zero-order chi connectivity index (χ0) is 12.7. The van der Waals surface area contributed by atoms with Crippen LogP contribution in [0.3, 0.4) is 0 Å². The molecule has 0 aliphatic rings. The highest BCUT2D eigenvalue weighted by Gasteiger charge is 2.15. The van der Waals surface area contributed by atoms with Crippen molar-refractivity contribution in [2.45, 2.75) is 45.2 Å². The summed E-state index contributed by atoms with van der Waals surface area (Å²) in [5.74, 6) is 0. The molecule has 4 heteroatoms. The molecule has 17 heavy (non-hydrogen) atoms. The van der Waals surface area contributed by atoms with Gasteiger partial charge < -0.3 is 16.2 Å². The summed E-state index contributed by atoms with van der Waals surface area (Å²) < 4.78 is 0. The maximum Gasteiger partial charge on any atom is 0.0541 e. The monoisotopic (exact) mass is 256 g/mol. The van der Waals surface area contributed by atoms with Crippen molar-refractivity contribution in [3.63, 3.8) is 0 Å². The van der Waals surface area contributed by atoms with Crippen molar-refractivity contribution in [1.29, 1.82) is 0 Å². The van der Waals surface area contributed by atoms with Crippen molar-refractivity contribution < 1.29 is 5.11 Å². The van der Waals surface area contributed by atoms with Gasteiger partial charge in [0.15, 0.2) is 0 Å². The maximum absolute atomic E-state index is 9.00. The second kappa shape index (κ2) is 7.82. The van der Waals surface area contributed by atoms with Crippen LogP contribution in [0.25, 0.3) is 0 Å². The molecule has 1 aromatic heterocycles. The van der Waals surface area contributed by atoms with Crippen molar-refractivity contribution in [2.24, 2.45) is 5.73 Å². The molecule has 0 aromatic carbocycles. The van der Waals surface area contributed by atoms with E-state index < -0.39 is 0 Å². The lowest BCUT2D eigenvalue weighted by atomic mass is 10.1. The Kier molecular flexibility index (Phi) is 6.73. The minimum atomic E-state index is 0.219. The molecule has 4 N–H and O–H groups in total. The molecule has 2 atom stereocenters. The van der Waals surface area contributed by atoms with Gasteiger partial charge >= 0.3 is 0 Å². The van der Waals surface area contributed by atoms with Gasteiger partial charge in [0.2, 0.25) is 0 Å². The summed E-state index contributed by atoms with van der Waals surface area (Å²) in [5, 5.41) is 12.5. The molecule has 3 nitrogen and oxygen atoms in total.